The smallest absolute Gasteiger partial charge is 0.327 e. The average Bonchev–Trinajstić information content (AvgIpc) is 2.28. The van der Waals surface area contributed by atoms with Gasteiger partial charge in [0.2, 0.25) is 0 Å². The van der Waals surface area contributed by atoms with Crippen molar-refractivity contribution in [2.24, 2.45) is 5.41 Å². The molecule has 0 aliphatic carbocycles. The second-order valence-electron chi connectivity index (χ2n) is 4.99. The Balaban J connectivity index is 3.26. The highest BCUT2D eigenvalue weighted by molar-refractivity contribution is 9.10. The molecule has 3 heteroatoms. The lowest BCUT2D eigenvalue weighted by Gasteiger charge is -2.38. The van der Waals surface area contributed by atoms with E-state index in [0.29, 0.717) is 6.61 Å². The summed E-state index contributed by atoms with van der Waals surface area (Å²) in [6.45, 7) is 8.26. The Morgan fingerprint density at radius 3 is 2.18 bits per heavy atom. The van der Waals surface area contributed by atoms with E-state index < -0.39 is 4.32 Å². The predicted octanol–water partition coefficient (Wildman–Crippen LogP) is 3.89. The molecule has 0 aliphatic rings. The highest BCUT2D eigenvalue weighted by Gasteiger charge is 2.49. The molecular weight excluding hydrogens is 280 g/mol. The fourth-order valence-electron chi connectivity index (χ4n) is 1.76. The van der Waals surface area contributed by atoms with E-state index in [4.69, 9.17) is 4.74 Å². The molecule has 0 bridgehead atoms. The standard InChI is InChI=1S/C14H19BrO2/c1-5-17-12(16)14(15,13(2,3)4)11-9-7-6-8-10-11/h6-10H,5H2,1-4H3. The molecule has 0 amide bonds. The van der Waals surface area contributed by atoms with Crippen molar-refractivity contribution < 1.29 is 9.53 Å². The zero-order valence-electron chi connectivity index (χ0n) is 10.8. The Hall–Kier alpha value is -0.830. The minimum Gasteiger partial charge on any atom is -0.465 e. The second kappa shape index (κ2) is 5.21. The van der Waals surface area contributed by atoms with E-state index >= 15 is 0 Å². The van der Waals surface area contributed by atoms with Gasteiger partial charge in [-0.2, -0.15) is 0 Å². The molecule has 0 heterocycles. The monoisotopic (exact) mass is 298 g/mol. The van der Waals surface area contributed by atoms with Gasteiger partial charge in [-0.05, 0) is 17.9 Å². The zero-order chi connectivity index (χ0) is 13.1. The second-order valence-corrected chi connectivity index (χ2v) is 6.18. The van der Waals surface area contributed by atoms with E-state index in [2.05, 4.69) is 15.9 Å². The molecule has 0 radical (unpaired) electrons. The summed E-state index contributed by atoms with van der Waals surface area (Å²) in [4.78, 5) is 12.2. The maximum atomic E-state index is 12.2. The van der Waals surface area contributed by atoms with Crippen molar-refractivity contribution in [3.05, 3.63) is 35.9 Å². The van der Waals surface area contributed by atoms with E-state index in [1.54, 1.807) is 0 Å². The highest BCUT2D eigenvalue weighted by atomic mass is 79.9. The molecule has 0 aromatic heterocycles. The van der Waals surface area contributed by atoms with Gasteiger partial charge in [0.15, 0.2) is 4.32 Å². The van der Waals surface area contributed by atoms with Crippen LogP contribution in [-0.4, -0.2) is 12.6 Å². The third kappa shape index (κ3) is 2.71. The van der Waals surface area contributed by atoms with Crippen molar-refractivity contribution in [1.82, 2.24) is 0 Å². The highest BCUT2D eigenvalue weighted by Crippen LogP contribution is 2.47. The van der Waals surface area contributed by atoms with Crippen LogP contribution in [0.4, 0.5) is 0 Å². The lowest BCUT2D eigenvalue weighted by Crippen LogP contribution is -2.43. The number of hydrogen-bond acceptors (Lipinski definition) is 2. The van der Waals surface area contributed by atoms with E-state index in [1.807, 2.05) is 58.0 Å². The molecule has 94 valence electrons. The topological polar surface area (TPSA) is 26.3 Å². The third-order valence-electron chi connectivity index (χ3n) is 2.76. The number of carbonyl (C=O) groups is 1. The minimum absolute atomic E-state index is 0.237. The SMILES string of the molecule is CCOC(=O)C(Br)(c1ccccc1)C(C)(C)C. The number of rotatable bonds is 3. The fraction of sp³-hybridized carbons (Fsp3) is 0.500. The normalized spacial score (nSPS) is 15.1. The van der Waals surface area contributed by atoms with Gasteiger partial charge in [0, 0.05) is 0 Å². The summed E-state index contributed by atoms with van der Waals surface area (Å²) < 4.78 is 4.39. The van der Waals surface area contributed by atoms with Gasteiger partial charge in [-0.25, -0.2) is 0 Å². The number of carbonyl (C=O) groups excluding carboxylic acids is 1. The van der Waals surface area contributed by atoms with Crippen LogP contribution >= 0.6 is 15.9 Å². The molecule has 0 saturated carbocycles. The van der Waals surface area contributed by atoms with Gasteiger partial charge in [0.05, 0.1) is 6.61 Å². The lowest BCUT2D eigenvalue weighted by atomic mass is 9.76. The van der Waals surface area contributed by atoms with Gasteiger partial charge in [-0.1, -0.05) is 67.0 Å². The lowest BCUT2D eigenvalue weighted by molar-refractivity contribution is -0.149. The van der Waals surface area contributed by atoms with Gasteiger partial charge >= 0.3 is 5.97 Å². The largest absolute Gasteiger partial charge is 0.465 e. The van der Waals surface area contributed by atoms with E-state index in [9.17, 15) is 4.79 Å². The molecule has 17 heavy (non-hydrogen) atoms. The van der Waals surface area contributed by atoms with E-state index in [-0.39, 0.29) is 11.4 Å². The minimum atomic E-state index is -0.808. The summed E-state index contributed by atoms with van der Waals surface area (Å²) in [5.74, 6) is -0.237. The van der Waals surface area contributed by atoms with Crippen molar-refractivity contribution in [2.45, 2.75) is 32.0 Å². The van der Waals surface area contributed by atoms with Crippen molar-refractivity contribution >= 4 is 21.9 Å². The quantitative estimate of drug-likeness (QED) is 0.625. The van der Waals surface area contributed by atoms with Crippen molar-refractivity contribution in [3.8, 4) is 0 Å². The molecule has 0 aliphatic heterocycles. The summed E-state index contributed by atoms with van der Waals surface area (Å²) in [5, 5.41) is 0. The molecule has 1 rings (SSSR count). The predicted molar refractivity (Wildman–Crippen MR) is 73.1 cm³/mol. The van der Waals surface area contributed by atoms with Crippen LogP contribution in [0.2, 0.25) is 0 Å². The number of hydrogen-bond donors (Lipinski definition) is 0. The molecule has 0 N–H and O–H groups in total. The first kappa shape index (κ1) is 14.2. The van der Waals surface area contributed by atoms with Gasteiger partial charge < -0.3 is 4.74 Å². The van der Waals surface area contributed by atoms with E-state index in [1.165, 1.54) is 0 Å². The summed E-state index contributed by atoms with van der Waals surface area (Å²) in [7, 11) is 0. The first-order valence-corrected chi connectivity index (χ1v) is 6.55. The van der Waals surface area contributed by atoms with Crippen molar-refractivity contribution in [3.63, 3.8) is 0 Å². The Morgan fingerprint density at radius 2 is 1.76 bits per heavy atom. The molecular formula is C14H19BrO2. The van der Waals surface area contributed by atoms with Crippen LogP contribution in [0.15, 0.2) is 30.3 Å². The Morgan fingerprint density at radius 1 is 1.24 bits per heavy atom. The molecule has 1 aromatic carbocycles. The first-order valence-electron chi connectivity index (χ1n) is 5.75. The fourth-order valence-corrected chi connectivity index (χ4v) is 2.13. The van der Waals surface area contributed by atoms with Gasteiger partial charge in [0.25, 0.3) is 0 Å². The Bertz CT molecular complexity index is 381. The number of alkyl halides is 1. The summed E-state index contributed by atoms with van der Waals surface area (Å²) in [5.41, 5.74) is 0.645. The average molecular weight is 299 g/mol. The van der Waals surface area contributed by atoms with Crippen LogP contribution in [0.5, 0.6) is 0 Å². The Kier molecular flexibility index (Phi) is 4.36. The van der Waals surface area contributed by atoms with Crippen LogP contribution < -0.4 is 0 Å². The van der Waals surface area contributed by atoms with E-state index in [0.717, 1.165) is 5.56 Å². The van der Waals surface area contributed by atoms with Crippen LogP contribution in [0.25, 0.3) is 0 Å². The molecule has 2 nitrogen and oxygen atoms in total. The van der Waals surface area contributed by atoms with Crippen LogP contribution in [0.3, 0.4) is 0 Å². The molecule has 1 aromatic rings. The Labute approximate surface area is 111 Å². The van der Waals surface area contributed by atoms with Gasteiger partial charge in [-0.15, -0.1) is 0 Å². The van der Waals surface area contributed by atoms with Crippen LogP contribution in [-0.2, 0) is 13.9 Å². The number of benzene rings is 1. The zero-order valence-corrected chi connectivity index (χ0v) is 12.4. The van der Waals surface area contributed by atoms with Crippen molar-refractivity contribution in [2.75, 3.05) is 6.61 Å². The van der Waals surface area contributed by atoms with Gasteiger partial charge in [-0.3, -0.25) is 4.79 Å². The maximum absolute atomic E-state index is 12.2. The first-order chi connectivity index (χ1) is 7.84. The molecule has 1 atom stereocenters. The maximum Gasteiger partial charge on any atom is 0.327 e. The molecule has 1 unspecified atom stereocenters. The van der Waals surface area contributed by atoms with Gasteiger partial charge in [0.1, 0.15) is 0 Å². The summed E-state index contributed by atoms with van der Waals surface area (Å²) >= 11 is 3.61. The third-order valence-corrected chi connectivity index (χ3v) is 4.73. The molecule has 0 fully saturated rings. The molecule has 0 spiro atoms. The number of halogens is 1. The van der Waals surface area contributed by atoms with Crippen LogP contribution in [0.1, 0.15) is 33.3 Å². The van der Waals surface area contributed by atoms with Crippen LogP contribution in [0, 0.1) is 5.41 Å². The molecule has 0 saturated heterocycles. The summed E-state index contributed by atoms with van der Waals surface area (Å²) in [6, 6.07) is 9.67. The number of esters is 1. The number of ether oxygens (including phenoxy) is 1. The van der Waals surface area contributed by atoms with Crippen molar-refractivity contribution in [1.29, 1.82) is 0 Å². The summed E-state index contributed by atoms with van der Waals surface area (Å²) in [6.07, 6.45) is 0.